The Kier molecular flexibility index (Phi) is 6.89. The number of amides is 1. The number of halogens is 2. The van der Waals surface area contributed by atoms with Crippen LogP contribution in [0.1, 0.15) is 19.4 Å². The maximum atomic E-state index is 12.2. The highest BCUT2D eigenvalue weighted by Gasteiger charge is 2.23. The predicted molar refractivity (Wildman–Crippen MR) is 102 cm³/mol. The third kappa shape index (κ3) is 5.64. The maximum absolute atomic E-state index is 12.2. The highest BCUT2D eigenvalue weighted by Crippen LogP contribution is 2.20. The largest absolute Gasteiger partial charge is 0.479 e. The van der Waals surface area contributed by atoms with Crippen molar-refractivity contribution in [1.82, 2.24) is 0 Å². The molecule has 2 rings (SSSR count). The minimum Gasteiger partial charge on any atom is -0.479 e. The smallest absolute Gasteiger partial charge is 0.347 e. The molecule has 5 nitrogen and oxygen atoms in total. The standard InChI is InChI=1S/C19H19Cl2NO4/c1-11-4-7-15(10-17(11)21)22-18(23)12(2)26-19(24)13(3)25-16-8-5-14(20)6-9-16/h4-10,12-13H,1-3H3,(H,22,23). The van der Waals surface area contributed by atoms with Crippen molar-refractivity contribution >= 4 is 40.8 Å². The average Bonchev–Trinajstić information content (AvgIpc) is 2.60. The van der Waals surface area contributed by atoms with E-state index in [1.807, 2.05) is 6.92 Å². The van der Waals surface area contributed by atoms with Gasteiger partial charge >= 0.3 is 5.97 Å². The SMILES string of the molecule is Cc1ccc(NC(=O)C(C)OC(=O)C(C)Oc2ccc(Cl)cc2)cc1Cl. The predicted octanol–water partition coefficient (Wildman–Crippen LogP) is 4.64. The van der Waals surface area contributed by atoms with Crippen LogP contribution in [0.4, 0.5) is 5.69 Å². The number of esters is 1. The van der Waals surface area contributed by atoms with E-state index >= 15 is 0 Å². The molecule has 2 aromatic carbocycles. The molecule has 138 valence electrons. The van der Waals surface area contributed by atoms with Crippen LogP contribution in [-0.2, 0) is 14.3 Å². The first-order valence-corrected chi connectivity index (χ1v) is 8.71. The number of rotatable bonds is 6. The van der Waals surface area contributed by atoms with Gasteiger partial charge in [0.1, 0.15) is 5.75 Å². The van der Waals surface area contributed by atoms with Crippen molar-refractivity contribution in [3.8, 4) is 5.75 Å². The molecule has 0 fully saturated rings. The van der Waals surface area contributed by atoms with Crippen molar-refractivity contribution < 1.29 is 19.1 Å². The molecule has 0 aliphatic carbocycles. The van der Waals surface area contributed by atoms with Crippen molar-refractivity contribution in [3.63, 3.8) is 0 Å². The summed E-state index contributed by atoms with van der Waals surface area (Å²) >= 11 is 11.8. The fourth-order valence-corrected chi connectivity index (χ4v) is 2.31. The lowest BCUT2D eigenvalue weighted by atomic mass is 10.2. The zero-order chi connectivity index (χ0) is 19.3. The molecular weight excluding hydrogens is 377 g/mol. The fraction of sp³-hybridized carbons (Fsp3) is 0.263. The van der Waals surface area contributed by atoms with Gasteiger partial charge in [0.25, 0.3) is 5.91 Å². The van der Waals surface area contributed by atoms with Crippen LogP contribution in [0.2, 0.25) is 10.0 Å². The summed E-state index contributed by atoms with van der Waals surface area (Å²) in [6.07, 6.45) is -1.86. The highest BCUT2D eigenvalue weighted by atomic mass is 35.5. The molecule has 2 atom stereocenters. The molecule has 2 aromatic rings. The first-order chi connectivity index (χ1) is 12.3. The molecule has 1 amide bonds. The number of ether oxygens (including phenoxy) is 2. The molecule has 0 radical (unpaired) electrons. The Morgan fingerprint density at radius 1 is 1.00 bits per heavy atom. The second kappa shape index (κ2) is 8.92. The molecule has 26 heavy (non-hydrogen) atoms. The van der Waals surface area contributed by atoms with Crippen molar-refractivity contribution in [1.29, 1.82) is 0 Å². The van der Waals surface area contributed by atoms with E-state index in [0.717, 1.165) is 5.56 Å². The lowest BCUT2D eigenvalue weighted by Crippen LogP contribution is -2.35. The van der Waals surface area contributed by atoms with E-state index in [2.05, 4.69) is 5.32 Å². The molecule has 0 heterocycles. The Bertz CT molecular complexity index is 793. The van der Waals surface area contributed by atoms with Gasteiger partial charge in [0.2, 0.25) is 0 Å². The van der Waals surface area contributed by atoms with Crippen LogP contribution in [0.3, 0.4) is 0 Å². The molecule has 0 bridgehead atoms. The van der Waals surface area contributed by atoms with Crippen LogP contribution in [0.5, 0.6) is 5.75 Å². The summed E-state index contributed by atoms with van der Waals surface area (Å²) in [7, 11) is 0. The quantitative estimate of drug-likeness (QED) is 0.723. The summed E-state index contributed by atoms with van der Waals surface area (Å²) in [5.74, 6) is -0.633. The molecule has 0 spiro atoms. The van der Waals surface area contributed by atoms with Crippen molar-refractivity contribution in [3.05, 3.63) is 58.1 Å². The number of carbonyl (C=O) groups excluding carboxylic acids is 2. The Hall–Kier alpha value is -2.24. The van der Waals surface area contributed by atoms with Gasteiger partial charge in [-0.25, -0.2) is 4.79 Å². The van der Waals surface area contributed by atoms with Gasteiger partial charge in [-0.1, -0.05) is 29.3 Å². The number of hydrogen-bond donors (Lipinski definition) is 1. The van der Waals surface area contributed by atoms with Gasteiger partial charge in [0.15, 0.2) is 12.2 Å². The van der Waals surface area contributed by atoms with Gasteiger partial charge in [0, 0.05) is 15.7 Å². The minimum absolute atomic E-state index is 0.461. The van der Waals surface area contributed by atoms with E-state index in [1.54, 1.807) is 49.4 Å². The topological polar surface area (TPSA) is 64.6 Å². The maximum Gasteiger partial charge on any atom is 0.347 e. The summed E-state index contributed by atoms with van der Waals surface area (Å²) in [5, 5.41) is 3.76. The molecule has 1 N–H and O–H groups in total. The van der Waals surface area contributed by atoms with E-state index < -0.39 is 24.1 Å². The number of hydrogen-bond acceptors (Lipinski definition) is 4. The molecule has 0 saturated carbocycles. The van der Waals surface area contributed by atoms with Crippen LogP contribution in [-0.4, -0.2) is 24.1 Å². The average molecular weight is 396 g/mol. The summed E-state index contributed by atoms with van der Waals surface area (Å²) < 4.78 is 10.6. The lowest BCUT2D eigenvalue weighted by molar-refractivity contribution is -0.159. The number of benzene rings is 2. The summed E-state index contributed by atoms with van der Waals surface area (Å²) in [6.45, 7) is 4.89. The Morgan fingerprint density at radius 2 is 1.65 bits per heavy atom. The van der Waals surface area contributed by atoms with Gasteiger partial charge in [-0.3, -0.25) is 4.79 Å². The van der Waals surface area contributed by atoms with E-state index in [-0.39, 0.29) is 0 Å². The first kappa shape index (κ1) is 20.1. The molecule has 7 heteroatoms. The normalized spacial score (nSPS) is 12.8. The van der Waals surface area contributed by atoms with Gasteiger partial charge < -0.3 is 14.8 Å². The van der Waals surface area contributed by atoms with Gasteiger partial charge in [0.05, 0.1) is 0 Å². The third-order valence-electron chi connectivity index (χ3n) is 3.56. The molecule has 0 aliphatic rings. The van der Waals surface area contributed by atoms with Crippen LogP contribution < -0.4 is 10.1 Å². The van der Waals surface area contributed by atoms with Crippen LogP contribution in [0, 0.1) is 6.92 Å². The summed E-state index contributed by atoms with van der Waals surface area (Å²) in [4.78, 5) is 24.3. The van der Waals surface area contributed by atoms with E-state index in [4.69, 9.17) is 32.7 Å². The molecule has 0 aliphatic heterocycles. The third-order valence-corrected chi connectivity index (χ3v) is 4.22. The molecule has 2 unspecified atom stereocenters. The van der Waals surface area contributed by atoms with Crippen molar-refractivity contribution in [2.75, 3.05) is 5.32 Å². The molecular formula is C19H19Cl2NO4. The summed E-state index contributed by atoms with van der Waals surface area (Å²) in [6, 6.07) is 11.7. The fourth-order valence-electron chi connectivity index (χ4n) is 2.00. The van der Waals surface area contributed by atoms with Crippen molar-refractivity contribution in [2.24, 2.45) is 0 Å². The van der Waals surface area contributed by atoms with Crippen molar-refractivity contribution in [2.45, 2.75) is 33.0 Å². The zero-order valence-electron chi connectivity index (χ0n) is 14.6. The van der Waals surface area contributed by atoms with Crippen LogP contribution in [0.25, 0.3) is 0 Å². The number of nitrogens with one attached hydrogen (secondary N) is 1. The van der Waals surface area contributed by atoms with Crippen LogP contribution in [0.15, 0.2) is 42.5 Å². The molecule has 0 saturated heterocycles. The first-order valence-electron chi connectivity index (χ1n) is 7.96. The Balaban J connectivity index is 1.89. The number of anilines is 1. The van der Waals surface area contributed by atoms with Crippen LogP contribution >= 0.6 is 23.2 Å². The Labute approximate surface area is 162 Å². The van der Waals surface area contributed by atoms with E-state index in [9.17, 15) is 9.59 Å². The monoisotopic (exact) mass is 395 g/mol. The highest BCUT2D eigenvalue weighted by molar-refractivity contribution is 6.31. The van der Waals surface area contributed by atoms with Gasteiger partial charge in [-0.2, -0.15) is 0 Å². The zero-order valence-corrected chi connectivity index (χ0v) is 16.1. The number of aryl methyl sites for hydroxylation is 1. The second-order valence-electron chi connectivity index (χ2n) is 5.75. The summed E-state index contributed by atoms with van der Waals surface area (Å²) in [5.41, 5.74) is 1.43. The Morgan fingerprint density at radius 3 is 2.27 bits per heavy atom. The second-order valence-corrected chi connectivity index (χ2v) is 6.59. The van der Waals surface area contributed by atoms with Gasteiger partial charge in [-0.05, 0) is 62.7 Å². The van der Waals surface area contributed by atoms with Gasteiger partial charge in [-0.15, -0.1) is 0 Å². The van der Waals surface area contributed by atoms with E-state index in [1.165, 1.54) is 6.92 Å². The molecule has 0 aromatic heterocycles. The van der Waals surface area contributed by atoms with E-state index in [0.29, 0.717) is 21.5 Å². The minimum atomic E-state index is -0.987. The lowest BCUT2D eigenvalue weighted by Gasteiger charge is -2.18. The number of carbonyl (C=O) groups is 2.